The second kappa shape index (κ2) is 8.84. The molecule has 0 saturated heterocycles. The summed E-state index contributed by atoms with van der Waals surface area (Å²) in [5, 5.41) is 22.1. The van der Waals surface area contributed by atoms with Crippen molar-refractivity contribution in [3.8, 4) is 0 Å². The van der Waals surface area contributed by atoms with Crippen molar-refractivity contribution in [3.63, 3.8) is 0 Å². The summed E-state index contributed by atoms with van der Waals surface area (Å²) in [5.41, 5.74) is 0.969. The van der Waals surface area contributed by atoms with Crippen LogP contribution in [0.2, 0.25) is 0 Å². The van der Waals surface area contributed by atoms with Crippen LogP contribution in [0.25, 0.3) is 0 Å². The highest BCUT2D eigenvalue weighted by Gasteiger charge is 2.10. The van der Waals surface area contributed by atoms with E-state index in [4.69, 9.17) is 9.15 Å². The van der Waals surface area contributed by atoms with E-state index in [2.05, 4.69) is 15.5 Å². The zero-order chi connectivity index (χ0) is 16.6. The molecule has 2 aromatic heterocycles. The summed E-state index contributed by atoms with van der Waals surface area (Å²) in [4.78, 5) is 0. The third-order valence-electron chi connectivity index (χ3n) is 2.97. The van der Waals surface area contributed by atoms with Crippen LogP contribution in [0.3, 0.4) is 0 Å². The molecule has 0 radical (unpaired) electrons. The molecule has 1 aromatic carbocycles. The molecule has 3 rings (SSSR count). The number of aromatic nitrogens is 2. The Balaban J connectivity index is 1.38. The van der Waals surface area contributed by atoms with Crippen LogP contribution in [-0.4, -0.2) is 33.8 Å². The second-order valence-corrected chi connectivity index (χ2v) is 7.17. The molecular formula is C16H17N3O3S2. The molecule has 0 spiro atoms. The molecule has 126 valence electrons. The Morgan fingerprint density at radius 1 is 1.21 bits per heavy atom. The van der Waals surface area contributed by atoms with Gasteiger partial charge in [-0.15, -0.1) is 10.2 Å². The molecule has 1 unspecified atom stereocenters. The molecule has 0 aliphatic heterocycles. The zero-order valence-electron chi connectivity index (χ0n) is 12.8. The van der Waals surface area contributed by atoms with Gasteiger partial charge in [-0.3, -0.25) is 0 Å². The van der Waals surface area contributed by atoms with Gasteiger partial charge in [0.05, 0.1) is 19.0 Å². The van der Waals surface area contributed by atoms with E-state index in [0.29, 0.717) is 12.4 Å². The Morgan fingerprint density at radius 2 is 2.08 bits per heavy atom. The highest BCUT2D eigenvalue weighted by Crippen LogP contribution is 2.28. The number of anilines is 2. The number of nitrogens with zero attached hydrogens (tertiary/aromatic N) is 2. The number of aliphatic hydroxyl groups is 1. The fraction of sp³-hybridized carbons (Fsp3) is 0.250. The van der Waals surface area contributed by atoms with Gasteiger partial charge in [0, 0.05) is 11.4 Å². The number of hydrogen-bond donors (Lipinski definition) is 2. The lowest BCUT2D eigenvalue weighted by Crippen LogP contribution is -2.17. The number of benzene rings is 1. The molecule has 6 nitrogen and oxygen atoms in total. The Kier molecular flexibility index (Phi) is 6.25. The summed E-state index contributed by atoms with van der Waals surface area (Å²) in [6.45, 7) is 0.611. The van der Waals surface area contributed by atoms with Crippen LogP contribution in [0.5, 0.6) is 0 Å². The van der Waals surface area contributed by atoms with Crippen LogP contribution >= 0.6 is 23.1 Å². The third-order valence-corrected chi connectivity index (χ3v) is 5.08. The van der Waals surface area contributed by atoms with Crippen LogP contribution in [-0.2, 0) is 11.3 Å². The number of rotatable bonds is 9. The van der Waals surface area contributed by atoms with Crippen LogP contribution in [0.4, 0.5) is 10.8 Å². The first-order chi connectivity index (χ1) is 11.8. The van der Waals surface area contributed by atoms with E-state index in [1.807, 2.05) is 42.5 Å². The summed E-state index contributed by atoms with van der Waals surface area (Å²) < 4.78 is 11.4. The minimum Gasteiger partial charge on any atom is -0.467 e. The molecule has 1 atom stereocenters. The number of furan rings is 1. The zero-order valence-corrected chi connectivity index (χ0v) is 14.4. The smallest absolute Gasteiger partial charge is 0.210 e. The normalized spacial score (nSPS) is 12.2. The highest BCUT2D eigenvalue weighted by molar-refractivity contribution is 8.01. The number of nitrogens with one attached hydrogen (secondary N) is 1. The predicted molar refractivity (Wildman–Crippen MR) is 94.7 cm³/mol. The van der Waals surface area contributed by atoms with E-state index >= 15 is 0 Å². The maximum absolute atomic E-state index is 9.95. The van der Waals surface area contributed by atoms with E-state index in [9.17, 15) is 5.11 Å². The maximum atomic E-state index is 9.95. The number of para-hydroxylation sites is 1. The Hall–Kier alpha value is -1.87. The first kappa shape index (κ1) is 17.0. The highest BCUT2D eigenvalue weighted by atomic mass is 32.2. The van der Waals surface area contributed by atoms with Crippen molar-refractivity contribution < 1.29 is 14.3 Å². The predicted octanol–water partition coefficient (Wildman–Crippen LogP) is 3.54. The van der Waals surface area contributed by atoms with Gasteiger partial charge in [0.2, 0.25) is 5.13 Å². The number of aliphatic hydroxyl groups excluding tert-OH is 1. The third kappa shape index (κ3) is 5.34. The van der Waals surface area contributed by atoms with Crippen molar-refractivity contribution in [1.82, 2.24) is 10.2 Å². The second-order valence-electron chi connectivity index (χ2n) is 4.92. The molecule has 2 heterocycles. The minimum absolute atomic E-state index is 0.252. The lowest BCUT2D eigenvalue weighted by Gasteiger charge is -2.08. The monoisotopic (exact) mass is 363 g/mol. The van der Waals surface area contributed by atoms with Crippen molar-refractivity contribution in [2.24, 2.45) is 0 Å². The Bertz CT molecular complexity index is 719. The lowest BCUT2D eigenvalue weighted by molar-refractivity contribution is 0.0328. The number of thioether (sulfide) groups is 1. The van der Waals surface area contributed by atoms with Gasteiger partial charge in [-0.05, 0) is 24.3 Å². The topological polar surface area (TPSA) is 80.4 Å². The molecule has 0 aliphatic rings. The van der Waals surface area contributed by atoms with Gasteiger partial charge >= 0.3 is 0 Å². The fourth-order valence-electron chi connectivity index (χ4n) is 1.87. The molecule has 0 fully saturated rings. The Morgan fingerprint density at radius 3 is 2.88 bits per heavy atom. The molecule has 0 bridgehead atoms. The average molecular weight is 363 g/mol. The van der Waals surface area contributed by atoms with Crippen molar-refractivity contribution in [3.05, 3.63) is 54.5 Å². The standard InChI is InChI=1S/C16H17N3O3S2/c20-13(9-21-10-14-7-4-8-22-14)11-23-16-19-18-15(24-16)17-12-5-2-1-3-6-12/h1-8,13,20H,9-11H2,(H,17,18). The molecule has 0 aliphatic carbocycles. The van der Waals surface area contributed by atoms with Crippen molar-refractivity contribution >= 4 is 33.9 Å². The molecule has 0 amide bonds. The summed E-state index contributed by atoms with van der Waals surface area (Å²) in [6.07, 6.45) is 1.03. The Labute approximate surface area is 147 Å². The van der Waals surface area contributed by atoms with Gasteiger partial charge in [0.1, 0.15) is 12.4 Å². The summed E-state index contributed by atoms with van der Waals surface area (Å²) in [5.74, 6) is 1.24. The van der Waals surface area contributed by atoms with E-state index < -0.39 is 6.10 Å². The van der Waals surface area contributed by atoms with Crippen LogP contribution < -0.4 is 5.32 Å². The molecular weight excluding hydrogens is 346 g/mol. The van der Waals surface area contributed by atoms with Crippen LogP contribution in [0.1, 0.15) is 5.76 Å². The first-order valence-electron chi connectivity index (χ1n) is 7.36. The lowest BCUT2D eigenvalue weighted by atomic mass is 10.3. The van der Waals surface area contributed by atoms with Gasteiger partial charge in [-0.1, -0.05) is 41.3 Å². The van der Waals surface area contributed by atoms with Crippen molar-refractivity contribution in [2.75, 3.05) is 17.7 Å². The molecule has 0 saturated carbocycles. The summed E-state index contributed by atoms with van der Waals surface area (Å²) >= 11 is 2.91. The quantitative estimate of drug-likeness (QED) is 0.563. The van der Waals surface area contributed by atoms with Gasteiger partial charge in [-0.2, -0.15) is 0 Å². The number of ether oxygens (including phenoxy) is 1. The number of hydrogen-bond acceptors (Lipinski definition) is 8. The van der Waals surface area contributed by atoms with Gasteiger partial charge in [0.25, 0.3) is 0 Å². The van der Waals surface area contributed by atoms with Gasteiger partial charge in [0.15, 0.2) is 4.34 Å². The van der Waals surface area contributed by atoms with Gasteiger partial charge < -0.3 is 19.6 Å². The minimum atomic E-state index is -0.570. The van der Waals surface area contributed by atoms with Crippen molar-refractivity contribution in [2.45, 2.75) is 17.1 Å². The SMILES string of the molecule is OC(COCc1ccco1)CSc1nnc(Nc2ccccc2)s1. The van der Waals surface area contributed by atoms with E-state index in [1.165, 1.54) is 23.1 Å². The molecule has 3 aromatic rings. The summed E-state index contributed by atoms with van der Waals surface area (Å²) in [6, 6.07) is 13.5. The van der Waals surface area contributed by atoms with E-state index in [1.54, 1.807) is 6.26 Å². The molecule has 2 N–H and O–H groups in total. The van der Waals surface area contributed by atoms with E-state index in [-0.39, 0.29) is 6.61 Å². The average Bonchev–Trinajstić information content (AvgIpc) is 3.26. The van der Waals surface area contributed by atoms with E-state index in [0.717, 1.165) is 20.9 Å². The maximum Gasteiger partial charge on any atom is 0.210 e. The van der Waals surface area contributed by atoms with Crippen molar-refractivity contribution in [1.29, 1.82) is 0 Å². The molecule has 8 heteroatoms. The van der Waals surface area contributed by atoms with Gasteiger partial charge in [-0.25, -0.2) is 0 Å². The summed E-state index contributed by atoms with van der Waals surface area (Å²) in [7, 11) is 0. The largest absolute Gasteiger partial charge is 0.467 e. The molecule has 24 heavy (non-hydrogen) atoms. The van der Waals surface area contributed by atoms with Crippen LogP contribution in [0, 0.1) is 0 Å². The first-order valence-corrected chi connectivity index (χ1v) is 9.16. The fourth-order valence-corrected chi connectivity index (χ4v) is 3.57. The van der Waals surface area contributed by atoms with Crippen LogP contribution in [0.15, 0.2) is 57.5 Å².